The number of ether oxygens (including phenoxy) is 2. The van der Waals surface area contributed by atoms with Crippen molar-refractivity contribution in [2.75, 3.05) is 56.8 Å². The molecule has 1 amide bonds. The van der Waals surface area contributed by atoms with E-state index in [0.29, 0.717) is 26.1 Å². The average Bonchev–Trinajstić information content (AvgIpc) is 2.78. The second kappa shape index (κ2) is 8.92. The third kappa shape index (κ3) is 4.07. The lowest BCUT2D eigenvalue weighted by Crippen LogP contribution is -2.61. The van der Waals surface area contributed by atoms with Crippen molar-refractivity contribution in [1.29, 1.82) is 0 Å². The molecule has 1 N–H and O–H groups in total. The molecule has 160 valence electrons. The van der Waals surface area contributed by atoms with E-state index in [1.807, 2.05) is 6.07 Å². The van der Waals surface area contributed by atoms with Crippen molar-refractivity contribution < 1.29 is 18.7 Å². The minimum absolute atomic E-state index is 0.0194. The van der Waals surface area contributed by atoms with Crippen molar-refractivity contribution in [1.82, 2.24) is 5.32 Å². The molecule has 0 saturated carbocycles. The summed E-state index contributed by atoms with van der Waals surface area (Å²) in [6.07, 6.45) is 0.677. The molecule has 0 bridgehead atoms. The topological polar surface area (TPSA) is 54.0 Å². The maximum Gasteiger partial charge on any atom is 0.225 e. The number of carbonyl (C=O) groups is 1. The summed E-state index contributed by atoms with van der Waals surface area (Å²) < 4.78 is 23.9. The predicted octanol–water partition coefficient (Wildman–Crippen LogP) is 2.46. The second-order valence-corrected chi connectivity index (χ2v) is 7.77. The van der Waals surface area contributed by atoms with Gasteiger partial charge >= 0.3 is 0 Å². The molecule has 2 aliphatic rings. The van der Waals surface area contributed by atoms with E-state index in [0.717, 1.165) is 35.8 Å². The van der Waals surface area contributed by atoms with Crippen LogP contribution in [0.25, 0.3) is 0 Å². The van der Waals surface area contributed by atoms with Gasteiger partial charge in [-0.05, 0) is 42.3 Å². The Labute approximate surface area is 176 Å². The Hall–Kier alpha value is -2.80. The van der Waals surface area contributed by atoms with E-state index >= 15 is 0 Å². The highest BCUT2D eigenvalue weighted by molar-refractivity contribution is 5.82. The van der Waals surface area contributed by atoms with Crippen molar-refractivity contribution in [3.63, 3.8) is 0 Å². The van der Waals surface area contributed by atoms with E-state index in [-0.39, 0.29) is 23.7 Å². The summed E-state index contributed by atoms with van der Waals surface area (Å²) in [4.78, 5) is 17.6. The fraction of sp³-hybridized carbons (Fsp3) is 0.435. The highest BCUT2D eigenvalue weighted by Crippen LogP contribution is 2.38. The van der Waals surface area contributed by atoms with E-state index in [1.54, 1.807) is 26.4 Å². The van der Waals surface area contributed by atoms with Gasteiger partial charge in [-0.3, -0.25) is 4.79 Å². The summed E-state index contributed by atoms with van der Waals surface area (Å²) in [5, 5.41) is 3.02. The summed E-state index contributed by atoms with van der Waals surface area (Å²) in [6, 6.07) is 12.7. The standard InChI is InChI=1S/C23H28FN3O3/c1-29-12-9-25-23(28)20-13-16-3-8-19(30-2)14-21(16)27-11-10-26(15-22(20)27)18-6-4-17(24)5-7-18/h3-8,14,20,22H,9-13,15H2,1-2H3,(H,25,28)/t20-,22+/m1/s1. The Morgan fingerprint density at radius 2 is 1.97 bits per heavy atom. The number of carbonyl (C=O) groups excluding carboxylic acids is 1. The minimum Gasteiger partial charge on any atom is -0.497 e. The lowest BCUT2D eigenvalue weighted by atomic mass is 9.83. The molecule has 2 aliphatic heterocycles. The van der Waals surface area contributed by atoms with E-state index in [1.165, 1.54) is 12.1 Å². The zero-order valence-corrected chi connectivity index (χ0v) is 17.4. The molecule has 2 atom stereocenters. The Kier molecular flexibility index (Phi) is 6.08. The average molecular weight is 413 g/mol. The van der Waals surface area contributed by atoms with Crippen molar-refractivity contribution in [2.45, 2.75) is 12.5 Å². The van der Waals surface area contributed by atoms with Crippen LogP contribution < -0.4 is 19.9 Å². The number of hydrogen-bond donors (Lipinski definition) is 1. The van der Waals surface area contributed by atoms with Gasteiger partial charge in [-0.25, -0.2) is 4.39 Å². The van der Waals surface area contributed by atoms with Gasteiger partial charge in [0.1, 0.15) is 11.6 Å². The molecule has 2 aromatic carbocycles. The van der Waals surface area contributed by atoms with Gasteiger partial charge in [0.2, 0.25) is 5.91 Å². The van der Waals surface area contributed by atoms with E-state index in [2.05, 4.69) is 27.2 Å². The molecule has 2 heterocycles. The Balaban J connectivity index is 1.62. The monoisotopic (exact) mass is 413 g/mol. The summed E-state index contributed by atoms with van der Waals surface area (Å²) >= 11 is 0. The van der Waals surface area contributed by atoms with Crippen LogP contribution in [0.4, 0.5) is 15.8 Å². The molecule has 0 radical (unpaired) electrons. The summed E-state index contributed by atoms with van der Waals surface area (Å²) in [5.41, 5.74) is 3.28. The lowest BCUT2D eigenvalue weighted by molar-refractivity contribution is -0.126. The van der Waals surface area contributed by atoms with Crippen LogP contribution in [0.2, 0.25) is 0 Å². The molecule has 0 aromatic heterocycles. The van der Waals surface area contributed by atoms with Crippen LogP contribution in [-0.4, -0.2) is 59.0 Å². The number of amides is 1. The maximum absolute atomic E-state index is 13.4. The first-order chi connectivity index (χ1) is 14.6. The Bertz CT molecular complexity index is 890. The summed E-state index contributed by atoms with van der Waals surface area (Å²) in [6.45, 7) is 3.27. The third-order valence-corrected chi connectivity index (χ3v) is 6.06. The first-order valence-electron chi connectivity index (χ1n) is 10.3. The number of benzene rings is 2. The van der Waals surface area contributed by atoms with Gasteiger partial charge in [0.05, 0.1) is 25.7 Å². The molecule has 1 saturated heterocycles. The molecular weight excluding hydrogens is 385 g/mol. The maximum atomic E-state index is 13.4. The highest BCUT2D eigenvalue weighted by Gasteiger charge is 2.41. The highest BCUT2D eigenvalue weighted by atomic mass is 19.1. The van der Waals surface area contributed by atoms with Crippen molar-refractivity contribution in [3.8, 4) is 5.75 Å². The van der Waals surface area contributed by atoms with Crippen molar-refractivity contribution in [3.05, 3.63) is 53.8 Å². The zero-order valence-electron chi connectivity index (χ0n) is 17.4. The number of fused-ring (bicyclic) bond motifs is 3. The largest absolute Gasteiger partial charge is 0.497 e. The molecule has 1 fully saturated rings. The Morgan fingerprint density at radius 3 is 2.70 bits per heavy atom. The number of nitrogens with one attached hydrogen (secondary N) is 1. The van der Waals surface area contributed by atoms with E-state index < -0.39 is 0 Å². The van der Waals surface area contributed by atoms with Gasteiger partial charge in [-0.1, -0.05) is 6.07 Å². The fourth-order valence-electron chi connectivity index (χ4n) is 4.50. The van der Waals surface area contributed by atoms with Crippen LogP contribution in [0, 0.1) is 11.7 Å². The smallest absolute Gasteiger partial charge is 0.225 e. The quantitative estimate of drug-likeness (QED) is 0.738. The molecule has 0 spiro atoms. The number of halogens is 1. The van der Waals surface area contributed by atoms with Crippen molar-refractivity contribution >= 4 is 17.3 Å². The van der Waals surface area contributed by atoms with Gasteiger partial charge in [0.25, 0.3) is 0 Å². The molecule has 0 unspecified atom stereocenters. The molecular formula is C23H28FN3O3. The van der Waals surface area contributed by atoms with Gasteiger partial charge in [-0.15, -0.1) is 0 Å². The van der Waals surface area contributed by atoms with E-state index in [9.17, 15) is 9.18 Å². The van der Waals surface area contributed by atoms with Crippen molar-refractivity contribution in [2.24, 2.45) is 5.92 Å². The van der Waals surface area contributed by atoms with Crippen LogP contribution in [-0.2, 0) is 16.0 Å². The molecule has 0 aliphatic carbocycles. The van der Waals surface area contributed by atoms with Gasteiger partial charge < -0.3 is 24.6 Å². The fourth-order valence-corrected chi connectivity index (χ4v) is 4.50. The first-order valence-corrected chi connectivity index (χ1v) is 10.3. The number of anilines is 2. The summed E-state index contributed by atoms with van der Waals surface area (Å²) in [5.74, 6) is 0.443. The number of methoxy groups -OCH3 is 2. The van der Waals surface area contributed by atoms with Crippen LogP contribution in [0.5, 0.6) is 5.75 Å². The van der Waals surface area contributed by atoms with Crippen LogP contribution in [0.15, 0.2) is 42.5 Å². The van der Waals surface area contributed by atoms with Gasteiger partial charge in [0.15, 0.2) is 0 Å². The minimum atomic E-state index is -0.244. The first kappa shape index (κ1) is 20.5. The molecule has 30 heavy (non-hydrogen) atoms. The van der Waals surface area contributed by atoms with Crippen LogP contribution >= 0.6 is 0 Å². The predicted molar refractivity (Wildman–Crippen MR) is 115 cm³/mol. The van der Waals surface area contributed by atoms with Gasteiger partial charge in [-0.2, -0.15) is 0 Å². The van der Waals surface area contributed by atoms with E-state index in [4.69, 9.17) is 9.47 Å². The number of piperazine rings is 1. The normalized spacial score (nSPS) is 20.4. The molecule has 2 aromatic rings. The number of rotatable bonds is 6. The second-order valence-electron chi connectivity index (χ2n) is 7.77. The van der Waals surface area contributed by atoms with Crippen LogP contribution in [0.1, 0.15) is 5.56 Å². The zero-order chi connectivity index (χ0) is 21.1. The molecule has 7 heteroatoms. The number of nitrogens with zero attached hydrogens (tertiary/aromatic N) is 2. The number of hydrogen-bond acceptors (Lipinski definition) is 5. The van der Waals surface area contributed by atoms with Gasteiger partial charge in [0, 0.05) is 50.7 Å². The molecule has 6 nitrogen and oxygen atoms in total. The third-order valence-electron chi connectivity index (χ3n) is 6.06. The SMILES string of the molecule is COCCNC(=O)[C@@H]1Cc2ccc(OC)cc2N2CCN(c3ccc(F)cc3)C[C@@H]12. The lowest BCUT2D eigenvalue weighted by Gasteiger charge is -2.49. The van der Waals surface area contributed by atoms with Crippen LogP contribution in [0.3, 0.4) is 0 Å². The summed E-state index contributed by atoms with van der Waals surface area (Å²) in [7, 11) is 3.29. The Morgan fingerprint density at radius 1 is 1.17 bits per heavy atom. The molecule has 4 rings (SSSR count).